The van der Waals surface area contributed by atoms with E-state index in [0.29, 0.717) is 5.75 Å². The molecular weight excluding hydrogens is 282 g/mol. The molecule has 1 fully saturated rings. The third-order valence-corrected chi connectivity index (χ3v) is 7.13. The Morgan fingerprint density at radius 3 is 2.76 bits per heavy atom. The lowest BCUT2D eigenvalue weighted by atomic mass is 9.91. The first kappa shape index (κ1) is 17.0. The molecule has 0 amide bonds. The van der Waals surface area contributed by atoms with Crippen molar-refractivity contribution in [2.75, 3.05) is 12.3 Å². The lowest BCUT2D eigenvalue weighted by molar-refractivity contribution is 0.454. The molecule has 1 aliphatic heterocycles. The summed E-state index contributed by atoms with van der Waals surface area (Å²) >= 11 is 0. The van der Waals surface area contributed by atoms with Crippen LogP contribution in [0.3, 0.4) is 0 Å². The Morgan fingerprint density at radius 2 is 2.00 bits per heavy atom. The van der Waals surface area contributed by atoms with Crippen LogP contribution in [0.25, 0.3) is 0 Å². The zero-order chi connectivity index (χ0) is 15.1. The molecule has 2 unspecified atom stereocenters. The van der Waals surface area contributed by atoms with Crippen molar-refractivity contribution in [2.45, 2.75) is 82.4 Å². The normalized spacial score (nSPS) is 28.2. The second-order valence-electron chi connectivity index (χ2n) is 6.56. The summed E-state index contributed by atoms with van der Waals surface area (Å²) in [6.45, 7) is 3.06. The minimum atomic E-state index is -2.93. The van der Waals surface area contributed by atoms with Crippen LogP contribution in [0.4, 0.5) is 0 Å². The molecule has 0 spiro atoms. The van der Waals surface area contributed by atoms with Gasteiger partial charge in [0.05, 0.1) is 11.0 Å². The summed E-state index contributed by atoms with van der Waals surface area (Å²) in [5, 5.41) is 3.37. The van der Waals surface area contributed by atoms with Crippen LogP contribution in [0.1, 0.15) is 71.1 Å². The summed E-state index contributed by atoms with van der Waals surface area (Å²) in [6.07, 6.45) is 13.4. The van der Waals surface area contributed by atoms with Gasteiger partial charge in [-0.15, -0.1) is 0 Å². The summed E-state index contributed by atoms with van der Waals surface area (Å²) in [7, 11) is -2.93. The Labute approximate surface area is 130 Å². The van der Waals surface area contributed by atoms with Gasteiger partial charge in [-0.05, 0) is 51.5 Å². The molecule has 2 atom stereocenters. The lowest BCUT2D eigenvalue weighted by Gasteiger charge is -2.33. The highest BCUT2D eigenvalue weighted by atomic mass is 32.2. The number of hydrogen-bond donors (Lipinski definition) is 1. The van der Waals surface area contributed by atoms with Crippen molar-refractivity contribution in [3.05, 3.63) is 11.6 Å². The molecule has 21 heavy (non-hydrogen) atoms. The fraction of sp³-hybridized carbons (Fsp3) is 0.882. The van der Waals surface area contributed by atoms with Crippen molar-refractivity contribution in [3.63, 3.8) is 0 Å². The number of nitrogens with one attached hydrogen (secondary N) is 1. The van der Waals surface area contributed by atoms with Crippen molar-refractivity contribution < 1.29 is 8.42 Å². The Hall–Kier alpha value is -0.350. The Balaban J connectivity index is 2.19. The quantitative estimate of drug-likeness (QED) is 0.789. The van der Waals surface area contributed by atoms with Gasteiger partial charge in [0, 0.05) is 6.04 Å². The molecule has 4 heteroatoms. The van der Waals surface area contributed by atoms with Gasteiger partial charge in [0.25, 0.3) is 0 Å². The zero-order valence-corrected chi connectivity index (χ0v) is 14.3. The molecule has 0 aromatic rings. The first-order valence-corrected chi connectivity index (χ1v) is 10.5. The second kappa shape index (κ2) is 8.33. The van der Waals surface area contributed by atoms with E-state index in [1.165, 1.54) is 31.3 Å². The van der Waals surface area contributed by atoms with Crippen LogP contribution in [0.5, 0.6) is 0 Å². The van der Waals surface area contributed by atoms with E-state index in [4.69, 9.17) is 0 Å². The molecule has 0 bridgehead atoms. The van der Waals surface area contributed by atoms with E-state index in [1.807, 2.05) is 0 Å². The van der Waals surface area contributed by atoms with Gasteiger partial charge in [-0.25, -0.2) is 8.42 Å². The van der Waals surface area contributed by atoms with Crippen LogP contribution in [-0.2, 0) is 9.84 Å². The predicted molar refractivity (Wildman–Crippen MR) is 89.3 cm³/mol. The van der Waals surface area contributed by atoms with Crippen LogP contribution in [0.2, 0.25) is 0 Å². The second-order valence-corrected chi connectivity index (χ2v) is 8.90. The molecule has 1 N–H and O–H groups in total. The largest absolute Gasteiger partial charge is 0.309 e. The fourth-order valence-electron chi connectivity index (χ4n) is 3.65. The van der Waals surface area contributed by atoms with Crippen LogP contribution in [0, 0.1) is 0 Å². The molecule has 0 aromatic heterocycles. The van der Waals surface area contributed by atoms with E-state index in [9.17, 15) is 8.42 Å². The summed E-state index contributed by atoms with van der Waals surface area (Å²) < 4.78 is 25.0. The van der Waals surface area contributed by atoms with Crippen LogP contribution in [-0.4, -0.2) is 32.0 Å². The van der Waals surface area contributed by atoms with Crippen molar-refractivity contribution in [3.8, 4) is 0 Å². The molecule has 1 saturated heterocycles. The lowest BCUT2D eigenvalue weighted by Crippen LogP contribution is -2.48. The third kappa shape index (κ3) is 4.82. The maximum Gasteiger partial charge on any atom is 0.155 e. The van der Waals surface area contributed by atoms with Crippen molar-refractivity contribution in [1.29, 1.82) is 0 Å². The maximum absolute atomic E-state index is 12.5. The highest BCUT2D eigenvalue weighted by molar-refractivity contribution is 7.92. The van der Waals surface area contributed by atoms with E-state index in [2.05, 4.69) is 18.3 Å². The number of rotatable bonds is 5. The SMILES string of the molecule is CCCNC(C1=CCCCCCC1)C1CCCCS1(=O)=O. The van der Waals surface area contributed by atoms with Gasteiger partial charge in [-0.1, -0.05) is 37.8 Å². The average molecular weight is 314 g/mol. The first-order chi connectivity index (χ1) is 10.1. The highest BCUT2D eigenvalue weighted by Gasteiger charge is 2.36. The van der Waals surface area contributed by atoms with Gasteiger partial charge in [0.2, 0.25) is 0 Å². The summed E-state index contributed by atoms with van der Waals surface area (Å²) in [4.78, 5) is 0. The molecule has 0 saturated carbocycles. The molecule has 2 rings (SSSR count). The number of hydrogen-bond acceptors (Lipinski definition) is 3. The van der Waals surface area contributed by atoms with Gasteiger partial charge in [-0.3, -0.25) is 0 Å². The van der Waals surface area contributed by atoms with Gasteiger partial charge >= 0.3 is 0 Å². The number of allylic oxidation sites excluding steroid dienone is 1. The molecular formula is C17H31NO2S. The number of sulfone groups is 1. The predicted octanol–water partition coefficient (Wildman–Crippen LogP) is 3.60. The first-order valence-electron chi connectivity index (χ1n) is 8.79. The van der Waals surface area contributed by atoms with E-state index >= 15 is 0 Å². The standard InChI is InChI=1S/C17H31NO2S/c1-2-13-18-17(15-10-6-4-3-5-7-11-15)16-12-8-9-14-21(16,19)20/h10,16-18H,2-9,11-14H2,1H3. The summed E-state index contributed by atoms with van der Waals surface area (Å²) in [6, 6.07) is 0.0633. The third-order valence-electron chi connectivity index (χ3n) is 4.84. The van der Waals surface area contributed by atoms with Gasteiger partial charge in [0.15, 0.2) is 9.84 Å². The van der Waals surface area contributed by atoms with Gasteiger partial charge in [0.1, 0.15) is 0 Å². The molecule has 0 aromatic carbocycles. The van der Waals surface area contributed by atoms with Gasteiger partial charge < -0.3 is 5.32 Å². The maximum atomic E-state index is 12.5. The molecule has 2 aliphatic rings. The smallest absolute Gasteiger partial charge is 0.155 e. The monoisotopic (exact) mass is 313 g/mol. The summed E-state index contributed by atoms with van der Waals surface area (Å²) in [5.74, 6) is 0.384. The van der Waals surface area contributed by atoms with Crippen LogP contribution >= 0.6 is 0 Å². The molecule has 1 heterocycles. The minimum absolute atomic E-state index is 0.0633. The van der Waals surface area contributed by atoms with Crippen molar-refractivity contribution >= 4 is 9.84 Å². The van der Waals surface area contributed by atoms with E-state index in [-0.39, 0.29) is 11.3 Å². The Bertz CT molecular complexity index is 442. The van der Waals surface area contributed by atoms with E-state index < -0.39 is 9.84 Å². The minimum Gasteiger partial charge on any atom is -0.309 e. The average Bonchev–Trinajstić information content (AvgIpc) is 2.41. The molecule has 122 valence electrons. The highest BCUT2D eigenvalue weighted by Crippen LogP contribution is 2.29. The molecule has 1 aliphatic carbocycles. The zero-order valence-electron chi connectivity index (χ0n) is 13.4. The Morgan fingerprint density at radius 1 is 1.19 bits per heavy atom. The Kier molecular flexibility index (Phi) is 6.74. The van der Waals surface area contributed by atoms with Crippen LogP contribution < -0.4 is 5.32 Å². The fourth-order valence-corrected chi connectivity index (χ4v) is 5.77. The summed E-state index contributed by atoms with van der Waals surface area (Å²) in [5.41, 5.74) is 1.37. The van der Waals surface area contributed by atoms with Crippen molar-refractivity contribution in [2.24, 2.45) is 0 Å². The van der Waals surface area contributed by atoms with Gasteiger partial charge in [-0.2, -0.15) is 0 Å². The molecule has 0 radical (unpaired) electrons. The molecule has 3 nitrogen and oxygen atoms in total. The van der Waals surface area contributed by atoms with Crippen molar-refractivity contribution in [1.82, 2.24) is 5.32 Å². The van der Waals surface area contributed by atoms with E-state index in [0.717, 1.165) is 45.1 Å². The van der Waals surface area contributed by atoms with E-state index in [1.54, 1.807) is 0 Å². The van der Waals surface area contributed by atoms with Crippen LogP contribution in [0.15, 0.2) is 11.6 Å². The topological polar surface area (TPSA) is 46.2 Å².